The minimum atomic E-state index is -5.08. The molecule has 1 aliphatic heterocycles. The third-order valence-corrected chi connectivity index (χ3v) is 5.75. The molecule has 3 N–H and O–H groups in total. The number of carbonyl (C=O) groups excluding carboxylic acids is 1. The van der Waals surface area contributed by atoms with Crippen molar-refractivity contribution < 1.29 is 27.9 Å². The lowest BCUT2D eigenvalue weighted by atomic mass is 9.76. The van der Waals surface area contributed by atoms with Gasteiger partial charge in [-0.15, -0.1) is 0 Å². The highest BCUT2D eigenvalue weighted by atomic mass is 19.4. The monoisotopic (exact) mass is 441 g/mol. The second-order valence-electron chi connectivity index (χ2n) is 8.99. The lowest BCUT2D eigenvalue weighted by Crippen LogP contribution is -2.48. The molecule has 9 heteroatoms. The normalized spacial score (nSPS) is 19.5. The van der Waals surface area contributed by atoms with Gasteiger partial charge in [0.1, 0.15) is 0 Å². The third-order valence-electron chi connectivity index (χ3n) is 5.75. The largest absolute Gasteiger partial charge is 0.490 e. The van der Waals surface area contributed by atoms with Gasteiger partial charge in [0.25, 0.3) is 0 Å². The van der Waals surface area contributed by atoms with Crippen molar-refractivity contribution in [3.05, 3.63) is 35.4 Å². The zero-order valence-electron chi connectivity index (χ0n) is 18.3. The first-order chi connectivity index (χ1) is 14.2. The zero-order valence-corrected chi connectivity index (χ0v) is 18.3. The van der Waals surface area contributed by atoms with Crippen LogP contribution in [0.4, 0.5) is 23.7 Å². The standard InChI is InChI=1S/C20H29N3O.C2HF3O2/c1-20(2)9-7-14(8-10-20)17-11-15(5-6-18(17)21)16-12-22(3)19(24)23(4)13-16;3-2(4,5)1(6)7/h5-7,11,16H,8-10,12-13,21H2,1-4H3;(H,6,7). The molecular weight excluding hydrogens is 411 g/mol. The number of nitrogens with two attached hydrogens (primary N) is 1. The van der Waals surface area contributed by atoms with E-state index in [1.807, 2.05) is 20.2 Å². The number of anilines is 1. The molecule has 1 fully saturated rings. The van der Waals surface area contributed by atoms with Crippen LogP contribution in [-0.2, 0) is 4.79 Å². The number of nitrogens with zero attached hydrogens (tertiary/aromatic N) is 2. The van der Waals surface area contributed by atoms with Gasteiger partial charge in [-0.1, -0.05) is 26.0 Å². The summed E-state index contributed by atoms with van der Waals surface area (Å²) in [6, 6.07) is 6.50. The first-order valence-corrected chi connectivity index (χ1v) is 10.1. The number of carbonyl (C=O) groups is 2. The summed E-state index contributed by atoms with van der Waals surface area (Å²) in [6.45, 7) is 6.17. The predicted molar refractivity (Wildman–Crippen MR) is 114 cm³/mol. The fourth-order valence-corrected chi connectivity index (χ4v) is 3.80. The molecule has 0 unspecified atom stereocenters. The Bertz CT molecular complexity index is 851. The molecule has 31 heavy (non-hydrogen) atoms. The van der Waals surface area contributed by atoms with E-state index >= 15 is 0 Å². The molecule has 1 aliphatic carbocycles. The van der Waals surface area contributed by atoms with Crippen LogP contribution in [0.15, 0.2) is 24.3 Å². The molecule has 6 nitrogen and oxygen atoms in total. The Hall–Kier alpha value is -2.71. The number of hydrogen-bond acceptors (Lipinski definition) is 3. The number of halogens is 3. The molecule has 0 bridgehead atoms. The molecule has 2 aliphatic rings. The van der Waals surface area contributed by atoms with Crippen molar-refractivity contribution >= 4 is 23.3 Å². The van der Waals surface area contributed by atoms with E-state index in [9.17, 15) is 18.0 Å². The number of amides is 2. The minimum Gasteiger partial charge on any atom is -0.475 e. The quantitative estimate of drug-likeness (QED) is 0.658. The number of hydrogen-bond donors (Lipinski definition) is 2. The van der Waals surface area contributed by atoms with Gasteiger partial charge in [-0.3, -0.25) is 0 Å². The molecule has 0 radical (unpaired) electrons. The average Bonchev–Trinajstić information content (AvgIpc) is 2.66. The van der Waals surface area contributed by atoms with E-state index in [2.05, 4.69) is 32.1 Å². The van der Waals surface area contributed by atoms with Crippen molar-refractivity contribution in [2.75, 3.05) is 32.9 Å². The topological polar surface area (TPSA) is 86.9 Å². The minimum absolute atomic E-state index is 0.0964. The zero-order chi connectivity index (χ0) is 23.6. The number of carboxylic acid groups (broad SMARTS) is 1. The number of benzene rings is 1. The number of likely N-dealkylation sites (N-methyl/N-ethyl adjacent to an activating group) is 2. The number of urea groups is 1. The van der Waals surface area contributed by atoms with Crippen LogP contribution in [0.5, 0.6) is 0 Å². The van der Waals surface area contributed by atoms with E-state index in [0.29, 0.717) is 11.3 Å². The summed E-state index contributed by atoms with van der Waals surface area (Å²) in [5, 5.41) is 7.12. The number of alkyl halides is 3. The number of aliphatic carboxylic acids is 1. The summed E-state index contributed by atoms with van der Waals surface area (Å²) >= 11 is 0. The van der Waals surface area contributed by atoms with Gasteiger partial charge in [-0.2, -0.15) is 13.2 Å². The Morgan fingerprint density at radius 3 is 2.19 bits per heavy atom. The Balaban J connectivity index is 0.000000423. The van der Waals surface area contributed by atoms with Crippen LogP contribution in [0, 0.1) is 5.41 Å². The van der Waals surface area contributed by atoms with Gasteiger partial charge in [-0.25, -0.2) is 9.59 Å². The molecule has 0 atom stereocenters. The van der Waals surface area contributed by atoms with Crippen LogP contribution in [0.1, 0.15) is 50.2 Å². The summed E-state index contributed by atoms with van der Waals surface area (Å²) < 4.78 is 31.7. The third kappa shape index (κ3) is 6.38. The molecule has 0 saturated carbocycles. The van der Waals surface area contributed by atoms with Gasteiger partial charge < -0.3 is 20.6 Å². The summed E-state index contributed by atoms with van der Waals surface area (Å²) in [7, 11) is 3.74. The second-order valence-corrected chi connectivity index (χ2v) is 8.99. The lowest BCUT2D eigenvalue weighted by Gasteiger charge is -2.36. The molecule has 0 aromatic heterocycles. The Morgan fingerprint density at radius 1 is 1.19 bits per heavy atom. The Kier molecular flexibility index (Phi) is 7.28. The van der Waals surface area contributed by atoms with Gasteiger partial charge in [0.15, 0.2) is 0 Å². The van der Waals surface area contributed by atoms with Gasteiger partial charge >= 0.3 is 18.2 Å². The first-order valence-electron chi connectivity index (χ1n) is 10.1. The molecule has 172 valence electrons. The van der Waals surface area contributed by atoms with Crippen molar-refractivity contribution in [3.8, 4) is 0 Å². The molecule has 1 saturated heterocycles. The van der Waals surface area contributed by atoms with E-state index in [0.717, 1.165) is 31.6 Å². The Labute approximate surface area is 180 Å². The summed E-state index contributed by atoms with van der Waals surface area (Å²) in [5.74, 6) is -2.43. The summed E-state index contributed by atoms with van der Waals surface area (Å²) in [4.78, 5) is 24.4. The number of nitrogen functional groups attached to an aromatic ring is 1. The summed E-state index contributed by atoms with van der Waals surface area (Å²) in [6.07, 6.45) is 0.673. The van der Waals surface area contributed by atoms with Gasteiger partial charge in [0.05, 0.1) is 0 Å². The van der Waals surface area contributed by atoms with Gasteiger partial charge in [-0.05, 0) is 47.9 Å². The van der Waals surface area contributed by atoms with Crippen molar-refractivity contribution in [2.24, 2.45) is 5.41 Å². The molecule has 1 aromatic carbocycles. The highest BCUT2D eigenvalue weighted by Gasteiger charge is 2.38. The van der Waals surface area contributed by atoms with Crippen LogP contribution in [0.3, 0.4) is 0 Å². The van der Waals surface area contributed by atoms with Crippen molar-refractivity contribution in [2.45, 2.75) is 45.2 Å². The first kappa shape index (κ1) is 24.6. The van der Waals surface area contributed by atoms with Gasteiger partial charge in [0.2, 0.25) is 0 Å². The molecular formula is C22H30F3N3O3. The van der Waals surface area contributed by atoms with Crippen LogP contribution in [0.25, 0.3) is 5.57 Å². The van der Waals surface area contributed by atoms with Crippen LogP contribution in [-0.4, -0.2) is 60.3 Å². The highest BCUT2D eigenvalue weighted by molar-refractivity contribution is 5.77. The van der Waals surface area contributed by atoms with Crippen molar-refractivity contribution in [1.29, 1.82) is 0 Å². The van der Waals surface area contributed by atoms with E-state index < -0.39 is 12.1 Å². The molecule has 3 rings (SSSR count). The van der Waals surface area contributed by atoms with E-state index in [1.54, 1.807) is 9.80 Å². The molecule has 2 amide bonds. The van der Waals surface area contributed by atoms with Crippen LogP contribution in [0.2, 0.25) is 0 Å². The van der Waals surface area contributed by atoms with E-state index in [-0.39, 0.29) is 6.03 Å². The molecule has 1 aromatic rings. The number of allylic oxidation sites excluding steroid dienone is 2. The van der Waals surface area contributed by atoms with Crippen LogP contribution < -0.4 is 5.73 Å². The van der Waals surface area contributed by atoms with E-state index in [4.69, 9.17) is 15.6 Å². The van der Waals surface area contributed by atoms with E-state index in [1.165, 1.54) is 23.1 Å². The average molecular weight is 441 g/mol. The molecule has 1 heterocycles. The number of carboxylic acids is 1. The maximum atomic E-state index is 12.0. The van der Waals surface area contributed by atoms with Crippen molar-refractivity contribution in [3.63, 3.8) is 0 Å². The highest BCUT2D eigenvalue weighted by Crippen LogP contribution is 2.40. The number of rotatable bonds is 2. The maximum absolute atomic E-state index is 12.0. The lowest BCUT2D eigenvalue weighted by molar-refractivity contribution is -0.192. The van der Waals surface area contributed by atoms with Gasteiger partial charge in [0, 0.05) is 44.4 Å². The van der Waals surface area contributed by atoms with Crippen LogP contribution >= 0.6 is 0 Å². The SMILES string of the molecule is CN1CC(c2ccc(N)c(C3=CCC(C)(C)CC3)c2)CN(C)C1=O.O=C(O)C(F)(F)F. The van der Waals surface area contributed by atoms with Crippen molar-refractivity contribution in [1.82, 2.24) is 9.80 Å². The smallest absolute Gasteiger partial charge is 0.475 e. The second kappa shape index (κ2) is 9.20. The maximum Gasteiger partial charge on any atom is 0.490 e. The fraction of sp³-hybridized carbons (Fsp3) is 0.545. The fourth-order valence-electron chi connectivity index (χ4n) is 3.80. The summed E-state index contributed by atoms with van der Waals surface area (Å²) in [5.41, 5.74) is 11.4. The Morgan fingerprint density at radius 2 is 1.74 bits per heavy atom. The molecule has 0 spiro atoms. The predicted octanol–water partition coefficient (Wildman–Crippen LogP) is 4.58.